The number of carbonyl (C=O) groups excluding carboxylic acids is 1. The molecule has 5 heteroatoms. The van der Waals surface area contributed by atoms with Crippen LogP contribution in [0.1, 0.15) is 46.5 Å². The van der Waals surface area contributed by atoms with Crippen LogP contribution in [0.25, 0.3) is 0 Å². The minimum Gasteiger partial charge on any atom is -0.481 e. The molecule has 3 aliphatic heterocycles. The van der Waals surface area contributed by atoms with Gasteiger partial charge in [0.25, 0.3) is 0 Å². The first-order valence-electron chi connectivity index (χ1n) is 8.22. The summed E-state index contributed by atoms with van der Waals surface area (Å²) in [4.78, 5) is 28.2. The van der Waals surface area contributed by atoms with Crippen LogP contribution in [-0.4, -0.2) is 51.6 Å². The highest BCUT2D eigenvalue weighted by Crippen LogP contribution is 2.43. The molecule has 0 radical (unpaired) electrons. The minimum atomic E-state index is -0.742. The Morgan fingerprint density at radius 1 is 1.10 bits per heavy atom. The summed E-state index contributed by atoms with van der Waals surface area (Å²) in [6.45, 7) is 7.33. The van der Waals surface area contributed by atoms with Gasteiger partial charge >= 0.3 is 12.0 Å². The maximum atomic E-state index is 13.0. The molecule has 0 aromatic carbocycles. The first-order chi connectivity index (χ1) is 9.90. The number of urea groups is 1. The third-order valence-corrected chi connectivity index (χ3v) is 5.92. The first-order valence-corrected chi connectivity index (χ1v) is 8.22. The van der Waals surface area contributed by atoms with Crippen molar-refractivity contribution in [1.29, 1.82) is 0 Å². The van der Waals surface area contributed by atoms with Gasteiger partial charge in [0.05, 0.1) is 5.92 Å². The van der Waals surface area contributed by atoms with Crippen LogP contribution >= 0.6 is 0 Å². The van der Waals surface area contributed by atoms with Gasteiger partial charge in [-0.2, -0.15) is 0 Å². The van der Waals surface area contributed by atoms with Crippen LogP contribution in [0.2, 0.25) is 0 Å². The van der Waals surface area contributed by atoms with E-state index >= 15 is 0 Å². The topological polar surface area (TPSA) is 60.9 Å². The lowest BCUT2D eigenvalue weighted by atomic mass is 9.86. The van der Waals surface area contributed by atoms with Crippen LogP contribution in [-0.2, 0) is 4.79 Å². The molecule has 0 spiro atoms. The fourth-order valence-corrected chi connectivity index (χ4v) is 4.67. The van der Waals surface area contributed by atoms with Gasteiger partial charge in [-0.15, -0.1) is 0 Å². The number of nitrogens with zero attached hydrogens (tertiary/aromatic N) is 2. The van der Waals surface area contributed by atoms with Crippen molar-refractivity contribution in [1.82, 2.24) is 9.80 Å². The van der Waals surface area contributed by atoms with E-state index in [0.29, 0.717) is 18.3 Å². The number of aliphatic carboxylic acids is 1. The van der Waals surface area contributed by atoms with Gasteiger partial charge < -0.3 is 14.9 Å². The molecule has 6 unspecified atom stereocenters. The van der Waals surface area contributed by atoms with E-state index in [0.717, 1.165) is 25.8 Å². The highest BCUT2D eigenvalue weighted by molar-refractivity contribution is 5.79. The van der Waals surface area contributed by atoms with Crippen molar-refractivity contribution in [3.63, 3.8) is 0 Å². The van der Waals surface area contributed by atoms with E-state index in [4.69, 9.17) is 0 Å². The van der Waals surface area contributed by atoms with E-state index in [9.17, 15) is 14.7 Å². The molecular weight excluding hydrogens is 268 g/mol. The number of hydrogen-bond donors (Lipinski definition) is 1. The number of carbonyl (C=O) groups is 2. The van der Waals surface area contributed by atoms with E-state index in [1.807, 2.05) is 9.80 Å². The lowest BCUT2D eigenvalue weighted by Gasteiger charge is -2.43. The number of hydrogen-bond acceptors (Lipinski definition) is 2. The number of likely N-dealkylation sites (tertiary alicyclic amines) is 1. The van der Waals surface area contributed by atoms with Gasteiger partial charge in [0.15, 0.2) is 0 Å². The number of fused-ring (bicyclic) bond motifs is 2. The average molecular weight is 294 g/mol. The molecule has 118 valence electrons. The van der Waals surface area contributed by atoms with Crippen molar-refractivity contribution in [2.75, 3.05) is 6.54 Å². The van der Waals surface area contributed by atoms with Crippen LogP contribution in [0.4, 0.5) is 4.79 Å². The van der Waals surface area contributed by atoms with E-state index in [1.54, 1.807) is 0 Å². The molecule has 0 aromatic heterocycles. The van der Waals surface area contributed by atoms with Gasteiger partial charge in [0, 0.05) is 24.7 Å². The number of amides is 2. The van der Waals surface area contributed by atoms with Crippen molar-refractivity contribution in [3.8, 4) is 0 Å². The summed E-state index contributed by atoms with van der Waals surface area (Å²) in [6.07, 6.45) is 3.61. The molecular formula is C16H26N2O3. The second-order valence-electron chi connectivity index (χ2n) is 7.38. The molecule has 3 aliphatic rings. The molecule has 2 amide bonds. The van der Waals surface area contributed by atoms with Crippen molar-refractivity contribution in [2.45, 2.75) is 64.6 Å². The zero-order valence-electron chi connectivity index (χ0n) is 13.2. The van der Waals surface area contributed by atoms with Crippen LogP contribution < -0.4 is 0 Å². The number of piperidine rings is 1. The number of rotatable bonds is 1. The van der Waals surface area contributed by atoms with E-state index in [2.05, 4.69) is 20.8 Å². The van der Waals surface area contributed by atoms with E-state index in [1.165, 1.54) is 0 Å². The Hall–Kier alpha value is -1.26. The molecule has 3 saturated heterocycles. The van der Waals surface area contributed by atoms with Crippen molar-refractivity contribution in [2.24, 2.45) is 17.8 Å². The molecule has 3 fully saturated rings. The Kier molecular flexibility index (Phi) is 3.62. The summed E-state index contributed by atoms with van der Waals surface area (Å²) in [5.74, 6) is -0.0695. The summed E-state index contributed by atoms with van der Waals surface area (Å²) >= 11 is 0. The quantitative estimate of drug-likeness (QED) is 0.808. The van der Waals surface area contributed by atoms with E-state index in [-0.39, 0.29) is 30.1 Å². The highest BCUT2D eigenvalue weighted by atomic mass is 16.4. The van der Waals surface area contributed by atoms with Crippen LogP contribution in [0.15, 0.2) is 0 Å². The van der Waals surface area contributed by atoms with Gasteiger partial charge in [0.1, 0.15) is 0 Å². The Balaban J connectivity index is 1.78. The predicted octanol–water partition coefficient (Wildman–Crippen LogP) is 2.41. The SMILES string of the molecule is CC1CC(C)C(C)N(C(=O)N2C3CCC2C(C(=O)O)C3)C1. The summed E-state index contributed by atoms with van der Waals surface area (Å²) in [5.41, 5.74) is 0. The predicted molar refractivity (Wildman–Crippen MR) is 78.9 cm³/mol. The summed E-state index contributed by atoms with van der Waals surface area (Å²) in [7, 11) is 0. The van der Waals surface area contributed by atoms with Crippen LogP contribution in [0.5, 0.6) is 0 Å². The first kappa shape index (κ1) is 14.7. The van der Waals surface area contributed by atoms with Gasteiger partial charge in [-0.1, -0.05) is 13.8 Å². The second kappa shape index (κ2) is 5.18. The summed E-state index contributed by atoms with van der Waals surface area (Å²) < 4.78 is 0. The largest absolute Gasteiger partial charge is 0.481 e. The smallest absolute Gasteiger partial charge is 0.320 e. The summed E-state index contributed by atoms with van der Waals surface area (Å²) in [5, 5.41) is 9.33. The van der Waals surface area contributed by atoms with Gasteiger partial charge in [0.2, 0.25) is 0 Å². The van der Waals surface area contributed by atoms with Crippen molar-refractivity contribution >= 4 is 12.0 Å². The molecule has 2 bridgehead atoms. The second-order valence-corrected chi connectivity index (χ2v) is 7.38. The molecule has 1 N–H and O–H groups in total. The Bertz CT molecular complexity index is 453. The monoisotopic (exact) mass is 294 g/mol. The van der Waals surface area contributed by atoms with Gasteiger partial charge in [-0.3, -0.25) is 4.79 Å². The Morgan fingerprint density at radius 3 is 2.43 bits per heavy atom. The van der Waals surface area contributed by atoms with Crippen LogP contribution in [0.3, 0.4) is 0 Å². The number of carboxylic acids is 1. The Labute approximate surface area is 126 Å². The van der Waals surface area contributed by atoms with Gasteiger partial charge in [-0.25, -0.2) is 4.79 Å². The standard InChI is InChI=1S/C16H26N2O3/c1-9-6-10(2)11(3)17(8-9)16(21)18-12-4-5-14(18)13(7-12)15(19)20/h9-14H,4-8H2,1-3H3,(H,19,20). The molecule has 3 heterocycles. The fraction of sp³-hybridized carbons (Fsp3) is 0.875. The maximum Gasteiger partial charge on any atom is 0.320 e. The van der Waals surface area contributed by atoms with Crippen LogP contribution in [0, 0.1) is 17.8 Å². The average Bonchev–Trinajstić information content (AvgIpc) is 2.99. The summed E-state index contributed by atoms with van der Waals surface area (Å²) in [6, 6.07) is 0.386. The fourth-order valence-electron chi connectivity index (χ4n) is 4.67. The lowest BCUT2D eigenvalue weighted by molar-refractivity contribution is -0.142. The zero-order valence-corrected chi connectivity index (χ0v) is 13.2. The van der Waals surface area contributed by atoms with Crippen molar-refractivity contribution in [3.05, 3.63) is 0 Å². The normalized spacial score (nSPS) is 42.4. The number of carboxylic acid groups (broad SMARTS) is 1. The molecule has 5 nitrogen and oxygen atoms in total. The van der Waals surface area contributed by atoms with E-state index < -0.39 is 5.97 Å². The Morgan fingerprint density at radius 2 is 1.81 bits per heavy atom. The van der Waals surface area contributed by atoms with Crippen molar-refractivity contribution < 1.29 is 14.7 Å². The molecule has 0 aliphatic carbocycles. The minimum absolute atomic E-state index is 0.0807. The molecule has 6 atom stereocenters. The molecule has 21 heavy (non-hydrogen) atoms. The molecule has 0 aromatic rings. The third-order valence-electron chi connectivity index (χ3n) is 5.92. The molecule has 0 saturated carbocycles. The lowest BCUT2D eigenvalue weighted by Crippen LogP contribution is -2.55. The maximum absolute atomic E-state index is 13.0. The third kappa shape index (κ3) is 2.30. The van der Waals surface area contributed by atoms with Gasteiger partial charge in [-0.05, 0) is 44.4 Å². The highest BCUT2D eigenvalue weighted by Gasteiger charge is 2.53. The molecule has 3 rings (SSSR count). The zero-order chi connectivity index (χ0) is 15.3.